The van der Waals surface area contributed by atoms with Gasteiger partial charge in [-0.3, -0.25) is 4.79 Å². The predicted octanol–water partition coefficient (Wildman–Crippen LogP) is 0.465. The van der Waals surface area contributed by atoms with E-state index in [0.717, 1.165) is 5.69 Å². The molecule has 0 spiro atoms. The molecule has 0 saturated carbocycles. The number of aromatic nitrogens is 2. The molecule has 1 saturated heterocycles. The van der Waals surface area contributed by atoms with Crippen molar-refractivity contribution >= 4 is 11.9 Å². The number of anilines is 1. The van der Waals surface area contributed by atoms with Crippen molar-refractivity contribution in [2.45, 2.75) is 19.4 Å². The zero-order valence-electron chi connectivity index (χ0n) is 9.67. The summed E-state index contributed by atoms with van der Waals surface area (Å²) >= 11 is 0. The van der Waals surface area contributed by atoms with Crippen molar-refractivity contribution in [1.29, 1.82) is 0 Å². The number of hydrogen-bond acceptors (Lipinski definition) is 5. The highest BCUT2D eigenvalue weighted by molar-refractivity contribution is 5.68. The minimum Gasteiger partial charge on any atom is -0.481 e. The molecule has 0 amide bonds. The standard InChI is InChI=1S/C11H15N3O3/c1-8-2-3-12-11(13-8)14-4-5-17-7-9(14)6-10(15)16/h2-3,9H,4-7H2,1H3,(H,15,16). The largest absolute Gasteiger partial charge is 0.481 e. The van der Waals surface area contributed by atoms with E-state index in [9.17, 15) is 4.79 Å². The van der Waals surface area contributed by atoms with E-state index in [-0.39, 0.29) is 12.5 Å². The minimum atomic E-state index is -0.835. The molecule has 1 fully saturated rings. The first-order valence-electron chi connectivity index (χ1n) is 5.52. The van der Waals surface area contributed by atoms with Crippen molar-refractivity contribution < 1.29 is 14.6 Å². The predicted molar refractivity (Wildman–Crippen MR) is 61.0 cm³/mol. The van der Waals surface area contributed by atoms with Crippen LogP contribution in [0.1, 0.15) is 12.1 Å². The summed E-state index contributed by atoms with van der Waals surface area (Å²) in [5.74, 6) is -0.252. The molecule has 1 atom stereocenters. The molecule has 2 rings (SSSR count). The van der Waals surface area contributed by atoms with E-state index in [1.165, 1.54) is 0 Å². The molecule has 6 heteroatoms. The Morgan fingerprint density at radius 1 is 1.71 bits per heavy atom. The molecule has 92 valence electrons. The van der Waals surface area contributed by atoms with Gasteiger partial charge < -0.3 is 14.7 Å². The summed E-state index contributed by atoms with van der Waals surface area (Å²) in [6, 6.07) is 1.62. The van der Waals surface area contributed by atoms with Crippen LogP contribution >= 0.6 is 0 Å². The monoisotopic (exact) mass is 237 g/mol. The molecule has 0 bridgehead atoms. The van der Waals surface area contributed by atoms with Crippen molar-refractivity contribution in [2.24, 2.45) is 0 Å². The van der Waals surface area contributed by atoms with Gasteiger partial charge in [-0.05, 0) is 13.0 Å². The summed E-state index contributed by atoms with van der Waals surface area (Å²) in [5, 5.41) is 8.86. The molecule has 1 aliphatic heterocycles. The van der Waals surface area contributed by atoms with Gasteiger partial charge in [0.25, 0.3) is 0 Å². The summed E-state index contributed by atoms with van der Waals surface area (Å²) in [6.07, 6.45) is 1.72. The Bertz CT molecular complexity index is 411. The van der Waals surface area contributed by atoms with Crippen LogP contribution in [-0.2, 0) is 9.53 Å². The Morgan fingerprint density at radius 3 is 3.24 bits per heavy atom. The SMILES string of the molecule is Cc1ccnc(N2CCOCC2CC(=O)O)n1. The van der Waals surface area contributed by atoms with E-state index < -0.39 is 5.97 Å². The van der Waals surface area contributed by atoms with Crippen molar-refractivity contribution in [2.75, 3.05) is 24.7 Å². The van der Waals surface area contributed by atoms with E-state index in [4.69, 9.17) is 9.84 Å². The quantitative estimate of drug-likeness (QED) is 0.823. The second-order valence-electron chi connectivity index (χ2n) is 4.02. The Labute approximate surface area is 99.2 Å². The molecule has 1 aromatic rings. The number of ether oxygens (including phenoxy) is 1. The summed E-state index contributed by atoms with van der Waals surface area (Å²) in [4.78, 5) is 21.2. The van der Waals surface area contributed by atoms with Crippen molar-refractivity contribution in [1.82, 2.24) is 9.97 Å². The van der Waals surface area contributed by atoms with E-state index in [0.29, 0.717) is 25.7 Å². The lowest BCUT2D eigenvalue weighted by atomic mass is 10.1. The Morgan fingerprint density at radius 2 is 2.53 bits per heavy atom. The maximum Gasteiger partial charge on any atom is 0.305 e. The first-order chi connectivity index (χ1) is 8.16. The van der Waals surface area contributed by atoms with Gasteiger partial charge in [0.1, 0.15) is 0 Å². The maximum atomic E-state index is 10.8. The number of carboxylic acid groups (broad SMARTS) is 1. The third-order valence-corrected chi connectivity index (χ3v) is 2.68. The zero-order valence-corrected chi connectivity index (χ0v) is 9.67. The second-order valence-corrected chi connectivity index (χ2v) is 4.02. The molecule has 1 aliphatic rings. The van der Waals surface area contributed by atoms with E-state index in [1.54, 1.807) is 6.20 Å². The smallest absolute Gasteiger partial charge is 0.305 e. The van der Waals surface area contributed by atoms with Gasteiger partial charge in [-0.15, -0.1) is 0 Å². The lowest BCUT2D eigenvalue weighted by Gasteiger charge is -2.34. The van der Waals surface area contributed by atoms with Crippen LogP contribution in [0.5, 0.6) is 0 Å². The fourth-order valence-electron chi connectivity index (χ4n) is 1.86. The lowest BCUT2D eigenvalue weighted by molar-refractivity contribution is -0.138. The molecule has 0 radical (unpaired) electrons. The van der Waals surface area contributed by atoms with Crippen LogP contribution in [0, 0.1) is 6.92 Å². The van der Waals surface area contributed by atoms with Gasteiger partial charge in [-0.1, -0.05) is 0 Å². The van der Waals surface area contributed by atoms with Crippen LogP contribution in [0.25, 0.3) is 0 Å². The van der Waals surface area contributed by atoms with Gasteiger partial charge in [0.05, 0.1) is 25.7 Å². The van der Waals surface area contributed by atoms with E-state index in [1.807, 2.05) is 17.9 Å². The summed E-state index contributed by atoms with van der Waals surface area (Å²) < 4.78 is 5.30. The molecule has 2 heterocycles. The highest BCUT2D eigenvalue weighted by atomic mass is 16.5. The topological polar surface area (TPSA) is 75.6 Å². The Kier molecular flexibility index (Phi) is 3.53. The van der Waals surface area contributed by atoms with Crippen LogP contribution < -0.4 is 4.90 Å². The highest BCUT2D eigenvalue weighted by Crippen LogP contribution is 2.17. The molecule has 1 unspecified atom stereocenters. The number of carbonyl (C=O) groups is 1. The van der Waals surface area contributed by atoms with Crippen LogP contribution in [0.4, 0.5) is 5.95 Å². The Balaban J connectivity index is 2.18. The van der Waals surface area contributed by atoms with E-state index in [2.05, 4.69) is 9.97 Å². The third-order valence-electron chi connectivity index (χ3n) is 2.68. The second kappa shape index (κ2) is 5.09. The fraction of sp³-hybridized carbons (Fsp3) is 0.545. The molecule has 6 nitrogen and oxygen atoms in total. The van der Waals surface area contributed by atoms with Crippen LogP contribution in [0.15, 0.2) is 12.3 Å². The minimum absolute atomic E-state index is 0.0390. The molecular formula is C11H15N3O3. The molecule has 0 aliphatic carbocycles. The number of morpholine rings is 1. The highest BCUT2D eigenvalue weighted by Gasteiger charge is 2.27. The van der Waals surface area contributed by atoms with E-state index >= 15 is 0 Å². The van der Waals surface area contributed by atoms with Gasteiger partial charge in [0, 0.05) is 18.4 Å². The van der Waals surface area contributed by atoms with Crippen molar-refractivity contribution in [3.63, 3.8) is 0 Å². The molecule has 1 aromatic heterocycles. The van der Waals surface area contributed by atoms with Gasteiger partial charge >= 0.3 is 5.97 Å². The summed E-state index contributed by atoms with van der Waals surface area (Å²) in [7, 11) is 0. The molecular weight excluding hydrogens is 222 g/mol. The van der Waals surface area contributed by atoms with Gasteiger partial charge in [-0.25, -0.2) is 9.97 Å². The number of aliphatic carboxylic acids is 1. The zero-order chi connectivity index (χ0) is 12.3. The maximum absolute atomic E-state index is 10.8. The van der Waals surface area contributed by atoms with Gasteiger partial charge in [0.15, 0.2) is 0 Å². The lowest BCUT2D eigenvalue weighted by Crippen LogP contribution is -2.47. The van der Waals surface area contributed by atoms with Gasteiger partial charge in [-0.2, -0.15) is 0 Å². The summed E-state index contributed by atoms with van der Waals surface area (Å²) in [6.45, 7) is 3.50. The molecule has 1 N–H and O–H groups in total. The first kappa shape index (κ1) is 11.8. The third kappa shape index (κ3) is 2.91. The molecule has 0 aromatic carbocycles. The average Bonchev–Trinajstić information content (AvgIpc) is 2.29. The van der Waals surface area contributed by atoms with Crippen LogP contribution in [0.2, 0.25) is 0 Å². The van der Waals surface area contributed by atoms with Crippen molar-refractivity contribution in [3.05, 3.63) is 18.0 Å². The first-order valence-corrected chi connectivity index (χ1v) is 5.52. The van der Waals surface area contributed by atoms with Gasteiger partial charge in [0.2, 0.25) is 5.95 Å². The number of aryl methyl sites for hydroxylation is 1. The number of rotatable bonds is 3. The van der Waals surface area contributed by atoms with Crippen LogP contribution in [0.3, 0.4) is 0 Å². The Hall–Kier alpha value is -1.69. The number of nitrogens with zero attached hydrogens (tertiary/aromatic N) is 3. The number of hydrogen-bond donors (Lipinski definition) is 1. The number of carboxylic acids is 1. The fourth-order valence-corrected chi connectivity index (χ4v) is 1.86. The normalized spacial score (nSPS) is 20.3. The van der Waals surface area contributed by atoms with Crippen LogP contribution in [-0.4, -0.2) is 46.8 Å². The summed E-state index contributed by atoms with van der Waals surface area (Å²) in [5.41, 5.74) is 0.871. The van der Waals surface area contributed by atoms with Crippen molar-refractivity contribution in [3.8, 4) is 0 Å². The average molecular weight is 237 g/mol. The molecule has 17 heavy (non-hydrogen) atoms.